The molecule has 0 radical (unpaired) electrons. The third-order valence-corrected chi connectivity index (χ3v) is 1.88. The molecule has 0 fully saturated rings. The van der Waals surface area contributed by atoms with E-state index in [0.717, 1.165) is 5.56 Å². The predicted molar refractivity (Wildman–Crippen MR) is 57.1 cm³/mol. The van der Waals surface area contributed by atoms with E-state index in [0.29, 0.717) is 15.4 Å². The molecule has 1 rings (SSSR count). The Kier molecular flexibility index (Phi) is 3.94. The monoisotopic (exact) mass is 262 g/mol. The van der Waals surface area contributed by atoms with E-state index in [1.165, 1.54) is 0 Å². The molecule has 0 saturated heterocycles. The summed E-state index contributed by atoms with van der Waals surface area (Å²) >= 11 is 14.7. The lowest BCUT2D eigenvalue weighted by Gasteiger charge is -1.93. The van der Waals surface area contributed by atoms with Gasteiger partial charge in [0.1, 0.15) is 0 Å². The highest BCUT2D eigenvalue weighted by molar-refractivity contribution is 9.09. The van der Waals surface area contributed by atoms with Gasteiger partial charge in [-0.15, -0.1) is 0 Å². The van der Waals surface area contributed by atoms with Gasteiger partial charge in [0, 0.05) is 15.6 Å². The summed E-state index contributed by atoms with van der Waals surface area (Å²) in [4.78, 5) is 0. The van der Waals surface area contributed by atoms with Gasteiger partial charge < -0.3 is 0 Å². The molecular weight excluding hydrogens is 259 g/mol. The van der Waals surface area contributed by atoms with Crippen molar-refractivity contribution in [2.45, 2.75) is 0 Å². The summed E-state index contributed by atoms with van der Waals surface area (Å²) in [6.45, 7) is 0. The maximum Gasteiger partial charge on any atom is 0.0649 e. The first-order valence-corrected chi connectivity index (χ1v) is 5.11. The van der Waals surface area contributed by atoms with E-state index >= 15 is 0 Å². The highest BCUT2D eigenvalue weighted by Gasteiger charge is 1.93. The molecular formula is C9H5BrCl2. The smallest absolute Gasteiger partial charge is 0.0649 e. The van der Waals surface area contributed by atoms with Gasteiger partial charge in [-0.25, -0.2) is 0 Å². The van der Waals surface area contributed by atoms with E-state index in [9.17, 15) is 0 Å². The van der Waals surface area contributed by atoms with Gasteiger partial charge in [0.25, 0.3) is 0 Å². The van der Waals surface area contributed by atoms with Gasteiger partial charge in [0.05, 0.1) is 5.33 Å². The molecule has 0 nitrogen and oxygen atoms in total. The Labute approximate surface area is 90.0 Å². The van der Waals surface area contributed by atoms with Crippen LogP contribution in [0.3, 0.4) is 0 Å². The van der Waals surface area contributed by atoms with Crippen LogP contribution in [-0.2, 0) is 0 Å². The normalized spacial score (nSPS) is 8.92. The Balaban J connectivity index is 3.01. The second-order valence-corrected chi connectivity index (χ2v) is 3.53. The second-order valence-electron chi connectivity index (χ2n) is 2.09. The molecule has 0 aliphatic heterocycles. The van der Waals surface area contributed by atoms with E-state index < -0.39 is 0 Å². The Hall–Kier alpha value is -0.160. The molecule has 0 aliphatic rings. The Morgan fingerprint density at radius 1 is 1.17 bits per heavy atom. The fraction of sp³-hybridized carbons (Fsp3) is 0.111. The molecule has 62 valence electrons. The number of halogens is 3. The van der Waals surface area contributed by atoms with E-state index in [2.05, 4.69) is 27.8 Å². The van der Waals surface area contributed by atoms with E-state index in [4.69, 9.17) is 23.2 Å². The molecule has 0 heterocycles. The molecule has 0 bridgehead atoms. The molecule has 12 heavy (non-hydrogen) atoms. The van der Waals surface area contributed by atoms with Crippen molar-refractivity contribution in [1.29, 1.82) is 0 Å². The first kappa shape index (κ1) is 9.92. The van der Waals surface area contributed by atoms with Crippen molar-refractivity contribution in [3.63, 3.8) is 0 Å². The van der Waals surface area contributed by atoms with Crippen molar-refractivity contribution in [2.75, 3.05) is 5.33 Å². The highest BCUT2D eigenvalue weighted by atomic mass is 79.9. The predicted octanol–water partition coefficient (Wildman–Crippen LogP) is 3.74. The van der Waals surface area contributed by atoms with Crippen molar-refractivity contribution in [3.05, 3.63) is 33.8 Å². The topological polar surface area (TPSA) is 0 Å². The van der Waals surface area contributed by atoms with Gasteiger partial charge in [0.15, 0.2) is 0 Å². The quantitative estimate of drug-likeness (QED) is 0.494. The first-order chi connectivity index (χ1) is 5.72. The third kappa shape index (κ3) is 3.06. The zero-order valence-corrected chi connectivity index (χ0v) is 9.17. The van der Waals surface area contributed by atoms with Crippen LogP contribution >= 0.6 is 39.1 Å². The molecule has 0 atom stereocenters. The lowest BCUT2D eigenvalue weighted by molar-refractivity contribution is 1.64. The Bertz CT molecular complexity index is 316. The van der Waals surface area contributed by atoms with Crippen molar-refractivity contribution < 1.29 is 0 Å². The van der Waals surface area contributed by atoms with Crippen molar-refractivity contribution in [1.82, 2.24) is 0 Å². The van der Waals surface area contributed by atoms with Crippen molar-refractivity contribution >= 4 is 39.1 Å². The number of alkyl halides is 1. The van der Waals surface area contributed by atoms with Crippen LogP contribution in [0.25, 0.3) is 0 Å². The van der Waals surface area contributed by atoms with Crippen LogP contribution in [0.15, 0.2) is 18.2 Å². The third-order valence-electron chi connectivity index (χ3n) is 1.16. The van der Waals surface area contributed by atoms with Crippen LogP contribution < -0.4 is 0 Å². The lowest BCUT2D eigenvalue weighted by atomic mass is 10.2. The number of benzene rings is 1. The summed E-state index contributed by atoms with van der Waals surface area (Å²) in [5, 5.41) is 1.87. The van der Waals surface area contributed by atoms with Gasteiger partial charge in [-0.3, -0.25) is 0 Å². The summed E-state index contributed by atoms with van der Waals surface area (Å²) in [5.74, 6) is 5.78. The summed E-state index contributed by atoms with van der Waals surface area (Å²) in [7, 11) is 0. The summed E-state index contributed by atoms with van der Waals surface area (Å²) in [5.41, 5.74) is 0.840. The molecule has 1 aromatic rings. The number of rotatable bonds is 0. The van der Waals surface area contributed by atoms with Crippen LogP contribution in [0.2, 0.25) is 10.0 Å². The molecule has 0 spiro atoms. The van der Waals surface area contributed by atoms with Crippen molar-refractivity contribution in [3.8, 4) is 11.8 Å². The zero-order chi connectivity index (χ0) is 8.97. The molecule has 1 aromatic carbocycles. The second kappa shape index (κ2) is 4.77. The lowest BCUT2D eigenvalue weighted by Crippen LogP contribution is -1.75. The van der Waals surface area contributed by atoms with Crippen LogP contribution in [0.5, 0.6) is 0 Å². The number of hydrogen-bond acceptors (Lipinski definition) is 0. The molecule has 3 heteroatoms. The largest absolute Gasteiger partial charge is 0.0863 e. The highest BCUT2D eigenvalue weighted by Crippen LogP contribution is 2.18. The minimum atomic E-state index is 0.612. The molecule has 0 N–H and O–H groups in total. The van der Waals surface area contributed by atoms with Gasteiger partial charge in [-0.2, -0.15) is 0 Å². The average molecular weight is 264 g/mol. The molecule has 0 amide bonds. The SMILES string of the molecule is Clc1cc(Cl)cc(C#CCBr)c1. The fourth-order valence-corrected chi connectivity index (χ4v) is 1.43. The minimum Gasteiger partial charge on any atom is -0.0863 e. The van der Waals surface area contributed by atoms with Gasteiger partial charge in [-0.1, -0.05) is 51.0 Å². The first-order valence-electron chi connectivity index (χ1n) is 3.23. The summed E-state index contributed by atoms with van der Waals surface area (Å²) in [6, 6.07) is 5.24. The Morgan fingerprint density at radius 2 is 1.75 bits per heavy atom. The fourth-order valence-electron chi connectivity index (χ4n) is 0.761. The summed E-state index contributed by atoms with van der Waals surface area (Å²) < 4.78 is 0. The van der Waals surface area contributed by atoms with Crippen LogP contribution in [0.4, 0.5) is 0 Å². The maximum atomic E-state index is 5.77. The summed E-state index contributed by atoms with van der Waals surface area (Å²) in [6.07, 6.45) is 0. The average Bonchev–Trinajstić information content (AvgIpc) is 1.99. The van der Waals surface area contributed by atoms with Crippen molar-refractivity contribution in [2.24, 2.45) is 0 Å². The molecule has 0 aromatic heterocycles. The van der Waals surface area contributed by atoms with Crippen LogP contribution in [0, 0.1) is 11.8 Å². The van der Waals surface area contributed by atoms with Gasteiger partial charge in [-0.05, 0) is 18.2 Å². The maximum absolute atomic E-state index is 5.77. The van der Waals surface area contributed by atoms with E-state index in [1.54, 1.807) is 18.2 Å². The standard InChI is InChI=1S/C9H5BrCl2/c10-3-1-2-7-4-8(11)6-9(12)5-7/h4-6H,3H2. The molecule has 0 unspecified atom stereocenters. The molecule has 0 saturated carbocycles. The van der Waals surface area contributed by atoms with Gasteiger partial charge in [0.2, 0.25) is 0 Å². The zero-order valence-electron chi connectivity index (χ0n) is 6.07. The van der Waals surface area contributed by atoms with Crippen LogP contribution in [0.1, 0.15) is 5.56 Å². The minimum absolute atomic E-state index is 0.612. The Morgan fingerprint density at radius 3 is 2.25 bits per heavy atom. The van der Waals surface area contributed by atoms with Crippen LogP contribution in [-0.4, -0.2) is 5.33 Å². The van der Waals surface area contributed by atoms with E-state index in [-0.39, 0.29) is 0 Å². The van der Waals surface area contributed by atoms with E-state index in [1.807, 2.05) is 0 Å². The number of hydrogen-bond donors (Lipinski definition) is 0. The molecule has 0 aliphatic carbocycles. The van der Waals surface area contributed by atoms with Gasteiger partial charge >= 0.3 is 0 Å².